The van der Waals surface area contributed by atoms with E-state index in [0.29, 0.717) is 50.8 Å². The van der Waals surface area contributed by atoms with Crippen LogP contribution in [-0.4, -0.2) is 42.9 Å². The summed E-state index contributed by atoms with van der Waals surface area (Å²) in [6.07, 6.45) is 5.04. The van der Waals surface area contributed by atoms with Crippen LogP contribution in [0.5, 0.6) is 5.75 Å². The van der Waals surface area contributed by atoms with Crippen molar-refractivity contribution in [1.29, 1.82) is 0 Å². The molecule has 2 heterocycles. The molecule has 0 atom stereocenters. The van der Waals surface area contributed by atoms with E-state index in [-0.39, 0.29) is 5.69 Å². The van der Waals surface area contributed by atoms with Gasteiger partial charge in [0, 0.05) is 23.3 Å². The van der Waals surface area contributed by atoms with Crippen LogP contribution in [0.25, 0.3) is 11.1 Å². The van der Waals surface area contributed by atoms with E-state index in [9.17, 15) is 24.6 Å². The molecular weight excluding hydrogens is 447 g/mol. The molecule has 0 radical (unpaired) electrons. The van der Waals surface area contributed by atoms with Crippen molar-refractivity contribution in [1.82, 2.24) is 0 Å². The second-order valence-electron chi connectivity index (χ2n) is 7.35. The normalized spacial score (nSPS) is 15.4. The molecule has 0 saturated heterocycles. The fraction of sp³-hybridized carbons (Fsp3) is 0.333. The molecule has 0 spiro atoms. The van der Waals surface area contributed by atoms with Gasteiger partial charge in [-0.1, -0.05) is 36.4 Å². The second-order valence-corrected chi connectivity index (χ2v) is 7.35. The van der Waals surface area contributed by atoms with E-state index in [1.165, 1.54) is 18.2 Å². The zero-order valence-corrected chi connectivity index (χ0v) is 18.7. The van der Waals surface area contributed by atoms with E-state index >= 15 is 0 Å². The van der Waals surface area contributed by atoms with Crippen LogP contribution in [0.3, 0.4) is 0 Å². The molecule has 0 saturated carbocycles. The molecule has 9 nitrogen and oxygen atoms in total. The molecular formula is C24H25FN2O7. The minimum atomic E-state index is -0.763. The van der Waals surface area contributed by atoms with Gasteiger partial charge in [-0.3, -0.25) is 20.2 Å². The zero-order chi connectivity index (χ0) is 24.5. The van der Waals surface area contributed by atoms with Crippen molar-refractivity contribution in [3.8, 4) is 5.75 Å². The standard InChI is InChI=1S/C13H15NO4.C11H10FNO3/c1-2-18-13-11(10-6-8-17-9-7-10)4-3-5-12(13)14(15)16;12-11-9(8-4-6-16-7-5-8)2-1-3-10(11)13(14)15/h3-6H,2,7-9H2,1H3;1-4H,5-7H2. The molecule has 10 heteroatoms. The van der Waals surface area contributed by atoms with Gasteiger partial charge in [-0.2, -0.15) is 4.39 Å². The van der Waals surface area contributed by atoms with Crippen LogP contribution in [0.2, 0.25) is 0 Å². The quantitative estimate of drug-likeness (QED) is 0.412. The topological polar surface area (TPSA) is 114 Å². The summed E-state index contributed by atoms with van der Waals surface area (Å²) in [6.45, 7) is 4.36. The van der Waals surface area contributed by atoms with Gasteiger partial charge in [-0.05, 0) is 30.9 Å². The molecule has 0 fully saturated rings. The van der Waals surface area contributed by atoms with Crippen LogP contribution >= 0.6 is 0 Å². The van der Waals surface area contributed by atoms with Gasteiger partial charge in [0.15, 0.2) is 0 Å². The van der Waals surface area contributed by atoms with Gasteiger partial charge in [0.05, 0.1) is 42.9 Å². The predicted molar refractivity (Wildman–Crippen MR) is 124 cm³/mol. The number of hydrogen-bond acceptors (Lipinski definition) is 7. The number of hydrogen-bond donors (Lipinski definition) is 0. The van der Waals surface area contributed by atoms with Gasteiger partial charge in [0.25, 0.3) is 0 Å². The summed E-state index contributed by atoms with van der Waals surface area (Å²) in [5.74, 6) is -0.404. The molecule has 0 N–H and O–H groups in total. The Bertz CT molecular complexity index is 1110. The molecule has 2 aliphatic rings. The highest BCUT2D eigenvalue weighted by Crippen LogP contribution is 2.37. The molecule has 0 aliphatic carbocycles. The summed E-state index contributed by atoms with van der Waals surface area (Å²) in [5.41, 5.74) is 2.46. The third kappa shape index (κ3) is 6.03. The summed E-state index contributed by atoms with van der Waals surface area (Å²) in [6, 6.07) is 9.22. The van der Waals surface area contributed by atoms with E-state index in [4.69, 9.17) is 14.2 Å². The average Bonchev–Trinajstić information content (AvgIpc) is 2.85. The first-order valence-electron chi connectivity index (χ1n) is 10.8. The number of nitro groups is 2. The minimum absolute atomic E-state index is 0.0155. The summed E-state index contributed by atoms with van der Waals surface area (Å²) in [5, 5.41) is 21.6. The van der Waals surface area contributed by atoms with Crippen molar-refractivity contribution in [2.45, 2.75) is 19.8 Å². The third-order valence-electron chi connectivity index (χ3n) is 5.27. The first kappa shape index (κ1) is 25.0. The number of ether oxygens (including phenoxy) is 3. The third-order valence-corrected chi connectivity index (χ3v) is 5.27. The van der Waals surface area contributed by atoms with Crippen molar-refractivity contribution in [3.63, 3.8) is 0 Å². The number of nitro benzene ring substituents is 2. The lowest BCUT2D eigenvalue weighted by atomic mass is 10.00. The Morgan fingerprint density at radius 1 is 0.882 bits per heavy atom. The summed E-state index contributed by atoms with van der Waals surface area (Å²) in [7, 11) is 0. The smallest absolute Gasteiger partial charge is 0.311 e. The zero-order valence-electron chi connectivity index (χ0n) is 18.7. The number of nitrogens with zero attached hydrogens (tertiary/aromatic N) is 2. The Morgan fingerprint density at radius 3 is 1.91 bits per heavy atom. The van der Waals surface area contributed by atoms with Crippen molar-refractivity contribution < 1.29 is 28.4 Å². The lowest BCUT2D eigenvalue weighted by molar-refractivity contribution is -0.387. The van der Waals surface area contributed by atoms with Crippen LogP contribution in [0, 0.1) is 26.0 Å². The van der Waals surface area contributed by atoms with Gasteiger partial charge in [-0.25, -0.2) is 0 Å². The number of benzene rings is 2. The van der Waals surface area contributed by atoms with E-state index in [0.717, 1.165) is 23.1 Å². The molecule has 2 aromatic carbocycles. The Balaban J connectivity index is 0.000000192. The number of halogens is 1. The molecule has 0 aromatic heterocycles. The highest BCUT2D eigenvalue weighted by atomic mass is 19.1. The van der Waals surface area contributed by atoms with E-state index < -0.39 is 21.4 Å². The van der Waals surface area contributed by atoms with Crippen LogP contribution in [-0.2, 0) is 9.47 Å². The Labute approximate surface area is 195 Å². The highest BCUT2D eigenvalue weighted by molar-refractivity contribution is 5.75. The van der Waals surface area contributed by atoms with Crippen molar-refractivity contribution in [2.24, 2.45) is 0 Å². The molecule has 2 aliphatic heterocycles. The van der Waals surface area contributed by atoms with Gasteiger partial charge < -0.3 is 14.2 Å². The Hall–Kier alpha value is -3.63. The molecule has 0 unspecified atom stereocenters. The van der Waals surface area contributed by atoms with Crippen LogP contribution in [0.4, 0.5) is 15.8 Å². The highest BCUT2D eigenvalue weighted by Gasteiger charge is 2.22. The monoisotopic (exact) mass is 472 g/mol. The Kier molecular flexibility index (Phi) is 8.83. The molecule has 0 amide bonds. The van der Waals surface area contributed by atoms with E-state index in [1.807, 2.05) is 19.1 Å². The SMILES string of the molecule is CCOc1c(C2=CCOCC2)cccc1[N+](=O)[O-].O=[N+]([O-])c1cccc(C2=CCOCC2)c1F. The maximum Gasteiger partial charge on any atom is 0.311 e. The van der Waals surface area contributed by atoms with Crippen molar-refractivity contribution in [2.75, 3.05) is 33.0 Å². The molecule has 34 heavy (non-hydrogen) atoms. The lowest BCUT2D eigenvalue weighted by Gasteiger charge is -2.16. The first-order chi connectivity index (χ1) is 16.4. The van der Waals surface area contributed by atoms with Gasteiger partial charge in [-0.15, -0.1) is 0 Å². The maximum absolute atomic E-state index is 13.8. The van der Waals surface area contributed by atoms with Crippen LogP contribution < -0.4 is 4.74 Å². The van der Waals surface area contributed by atoms with Crippen LogP contribution in [0.15, 0.2) is 48.6 Å². The maximum atomic E-state index is 13.8. The van der Waals surface area contributed by atoms with Gasteiger partial charge >= 0.3 is 11.4 Å². The Morgan fingerprint density at radius 2 is 1.41 bits per heavy atom. The van der Waals surface area contributed by atoms with Crippen molar-refractivity contribution >= 4 is 22.5 Å². The summed E-state index contributed by atoms with van der Waals surface area (Å²) >= 11 is 0. The van der Waals surface area contributed by atoms with Gasteiger partial charge in [0.1, 0.15) is 0 Å². The molecule has 4 rings (SSSR count). The molecule has 0 bridgehead atoms. The second kappa shape index (κ2) is 12.0. The largest absolute Gasteiger partial charge is 0.487 e. The average molecular weight is 472 g/mol. The molecule has 180 valence electrons. The summed E-state index contributed by atoms with van der Waals surface area (Å²) < 4.78 is 29.6. The fourth-order valence-electron chi connectivity index (χ4n) is 3.67. The summed E-state index contributed by atoms with van der Waals surface area (Å²) in [4.78, 5) is 20.5. The predicted octanol–water partition coefficient (Wildman–Crippen LogP) is 5.33. The minimum Gasteiger partial charge on any atom is -0.487 e. The number of para-hydroxylation sites is 1. The van der Waals surface area contributed by atoms with Gasteiger partial charge in [0.2, 0.25) is 11.6 Å². The van der Waals surface area contributed by atoms with Crippen LogP contribution in [0.1, 0.15) is 30.9 Å². The van der Waals surface area contributed by atoms with Crippen molar-refractivity contribution in [3.05, 3.63) is 85.7 Å². The van der Waals surface area contributed by atoms with E-state index in [1.54, 1.807) is 18.2 Å². The number of rotatable bonds is 6. The molecule has 2 aromatic rings. The van der Waals surface area contributed by atoms with E-state index in [2.05, 4.69) is 0 Å². The first-order valence-corrected chi connectivity index (χ1v) is 10.8. The lowest BCUT2D eigenvalue weighted by Crippen LogP contribution is -2.06. The fourth-order valence-corrected chi connectivity index (χ4v) is 3.67.